The summed E-state index contributed by atoms with van der Waals surface area (Å²) in [6.07, 6.45) is -5.53. The Morgan fingerprint density at radius 3 is 1.39 bits per heavy atom. The lowest BCUT2D eigenvalue weighted by atomic mass is 10.1. The number of halogens is 9. The molecule has 0 spiro atoms. The van der Waals surface area contributed by atoms with Gasteiger partial charge in [-0.2, -0.15) is 43.5 Å². The maximum absolute atomic E-state index is 12.5. The van der Waals surface area contributed by atoms with Crippen LogP contribution in [0.4, 0.5) is 39.0 Å². The van der Waals surface area contributed by atoms with Gasteiger partial charge in [-0.05, 0) is 6.92 Å². The van der Waals surface area contributed by atoms with Crippen molar-refractivity contribution in [1.82, 2.24) is 4.72 Å². The van der Waals surface area contributed by atoms with E-state index in [0.717, 1.165) is 12.2 Å². The van der Waals surface area contributed by atoms with Gasteiger partial charge in [0.15, 0.2) is 0 Å². The van der Waals surface area contributed by atoms with Crippen LogP contribution in [0.2, 0.25) is 0 Å². The highest BCUT2D eigenvalue weighted by Crippen LogP contribution is 2.51. The SMILES string of the molecule is Cc1ccccc1.N=C=O.N=C=O.O=S(=O)(F)NC(O)(F)C(F)(F)C(F)(F)C(F)(F)F. The largest absolute Gasteiger partial charge is 0.460 e. The molecule has 0 aliphatic rings. The molecule has 0 radical (unpaired) electrons. The zero-order chi connectivity index (χ0) is 25.7. The van der Waals surface area contributed by atoms with Gasteiger partial charge in [0, 0.05) is 0 Å². The van der Waals surface area contributed by atoms with E-state index >= 15 is 0 Å². The van der Waals surface area contributed by atoms with Crippen LogP contribution in [0.15, 0.2) is 30.3 Å². The van der Waals surface area contributed by atoms with Crippen LogP contribution in [0, 0.1) is 17.7 Å². The van der Waals surface area contributed by atoms with Gasteiger partial charge in [0.2, 0.25) is 12.2 Å². The van der Waals surface area contributed by atoms with Crippen LogP contribution in [0.1, 0.15) is 5.56 Å². The average molecular weight is 493 g/mol. The second kappa shape index (κ2) is 12.8. The lowest BCUT2D eigenvalue weighted by Gasteiger charge is -2.34. The maximum Gasteiger partial charge on any atom is 0.460 e. The summed E-state index contributed by atoms with van der Waals surface area (Å²) in [5.41, 5.74) is 1.32. The summed E-state index contributed by atoms with van der Waals surface area (Å²) in [5, 5.41) is 18.8. The lowest BCUT2D eigenvalue weighted by Crippen LogP contribution is -2.67. The fourth-order valence-corrected chi connectivity index (χ4v) is 1.60. The third kappa shape index (κ3) is 11.9. The molecule has 0 fully saturated rings. The number of nitrogens with one attached hydrogen (secondary N) is 3. The number of aliphatic hydroxyl groups is 1. The zero-order valence-corrected chi connectivity index (χ0v) is 15.6. The molecular weight excluding hydrogens is 481 g/mol. The van der Waals surface area contributed by atoms with Gasteiger partial charge in [-0.25, -0.2) is 20.4 Å². The van der Waals surface area contributed by atoms with Crippen LogP contribution in [0.5, 0.6) is 0 Å². The zero-order valence-electron chi connectivity index (χ0n) is 14.8. The van der Waals surface area contributed by atoms with E-state index < -0.39 is 39.1 Å². The first-order valence-corrected chi connectivity index (χ1v) is 8.13. The van der Waals surface area contributed by atoms with Gasteiger partial charge in [0.1, 0.15) is 0 Å². The third-order valence-corrected chi connectivity index (χ3v) is 2.88. The van der Waals surface area contributed by atoms with Crippen molar-refractivity contribution < 1.29 is 62.1 Å². The van der Waals surface area contributed by atoms with Crippen molar-refractivity contribution in [3.8, 4) is 0 Å². The fourth-order valence-electron chi connectivity index (χ4n) is 1.15. The first kappa shape index (κ1) is 32.9. The molecular formula is C13H12F9N3O5S. The van der Waals surface area contributed by atoms with Crippen molar-refractivity contribution in [1.29, 1.82) is 10.8 Å². The quantitative estimate of drug-likeness (QED) is 0.127. The van der Waals surface area contributed by atoms with Crippen molar-refractivity contribution in [2.75, 3.05) is 0 Å². The molecule has 1 rings (SSSR count). The van der Waals surface area contributed by atoms with Crippen LogP contribution in [-0.2, 0) is 20.0 Å². The molecule has 18 heteroatoms. The lowest BCUT2D eigenvalue weighted by molar-refractivity contribution is -0.410. The molecule has 0 aliphatic heterocycles. The van der Waals surface area contributed by atoms with Gasteiger partial charge >= 0.3 is 34.4 Å². The summed E-state index contributed by atoms with van der Waals surface area (Å²) in [6.45, 7) is 2.08. The number of alkyl halides is 8. The predicted molar refractivity (Wildman–Crippen MR) is 83.2 cm³/mol. The highest BCUT2D eigenvalue weighted by atomic mass is 32.3. The standard InChI is InChI=1S/C7H8.C4H2F9NO3S.2CHNO/c1-7-5-3-2-4-6-7;5-1(6,3(9,10)11)2(7,8)4(12,15)14-18(13,16)17;2*2-1-3/h2-6H,1H3;14-15H;2*2H. The number of hydrogen-bond acceptors (Lipinski definition) is 7. The summed E-state index contributed by atoms with van der Waals surface area (Å²) >= 11 is 0. The number of aryl methyl sites for hydroxylation is 1. The Kier molecular flexibility index (Phi) is 13.6. The van der Waals surface area contributed by atoms with E-state index in [1.807, 2.05) is 18.2 Å². The number of isocyanates is 2. The smallest absolute Gasteiger partial charge is 0.344 e. The molecule has 1 aromatic rings. The van der Waals surface area contributed by atoms with Gasteiger partial charge < -0.3 is 5.11 Å². The van der Waals surface area contributed by atoms with E-state index in [0.29, 0.717) is 0 Å². The molecule has 0 heterocycles. The topological polar surface area (TPSA) is 148 Å². The molecule has 8 nitrogen and oxygen atoms in total. The van der Waals surface area contributed by atoms with Crippen molar-refractivity contribution in [2.24, 2.45) is 0 Å². The molecule has 0 aromatic heterocycles. The molecule has 0 saturated carbocycles. The Bertz CT molecular complexity index is 822. The molecule has 0 bridgehead atoms. The molecule has 178 valence electrons. The summed E-state index contributed by atoms with van der Waals surface area (Å²) in [5.74, 6) is -20.4. The van der Waals surface area contributed by atoms with Crippen LogP contribution in [0.3, 0.4) is 0 Å². The Hall–Kier alpha value is -2.78. The average Bonchev–Trinajstić information content (AvgIpc) is 2.54. The second-order valence-electron chi connectivity index (χ2n) is 4.67. The van der Waals surface area contributed by atoms with Crippen LogP contribution in [-0.4, -0.2) is 49.7 Å². The van der Waals surface area contributed by atoms with Crippen molar-refractivity contribution >= 4 is 22.6 Å². The van der Waals surface area contributed by atoms with E-state index in [-0.39, 0.29) is 0 Å². The van der Waals surface area contributed by atoms with E-state index in [4.69, 9.17) is 25.5 Å². The molecule has 0 saturated heterocycles. The van der Waals surface area contributed by atoms with Gasteiger partial charge in [-0.15, -0.1) is 4.72 Å². The number of carbonyl (C=O) groups excluding carboxylic acids is 2. The van der Waals surface area contributed by atoms with E-state index in [1.165, 1.54) is 5.56 Å². The van der Waals surface area contributed by atoms with Crippen molar-refractivity contribution in [3.63, 3.8) is 0 Å². The highest BCUT2D eigenvalue weighted by Gasteiger charge is 2.81. The number of benzene rings is 1. The van der Waals surface area contributed by atoms with Gasteiger partial charge in [0.25, 0.3) is 0 Å². The Morgan fingerprint density at radius 2 is 1.19 bits per heavy atom. The minimum Gasteiger partial charge on any atom is -0.344 e. The molecule has 1 unspecified atom stereocenters. The number of hydrogen-bond donors (Lipinski definition) is 4. The van der Waals surface area contributed by atoms with Crippen LogP contribution in [0.25, 0.3) is 0 Å². The molecule has 0 aliphatic carbocycles. The summed E-state index contributed by atoms with van der Waals surface area (Å²) in [6, 6.07) is 10.3. The first-order valence-electron chi connectivity index (χ1n) is 6.75. The van der Waals surface area contributed by atoms with E-state index in [9.17, 15) is 47.4 Å². The highest BCUT2D eigenvalue weighted by molar-refractivity contribution is 7.84. The molecule has 1 aromatic carbocycles. The Morgan fingerprint density at radius 1 is 0.871 bits per heavy atom. The molecule has 4 N–H and O–H groups in total. The van der Waals surface area contributed by atoms with E-state index in [1.54, 1.807) is 0 Å². The van der Waals surface area contributed by atoms with Gasteiger partial charge in [0.05, 0.1) is 0 Å². The van der Waals surface area contributed by atoms with Gasteiger partial charge in [-0.1, -0.05) is 39.8 Å². The number of rotatable bonds is 4. The maximum atomic E-state index is 12.5. The minimum absolute atomic E-state index is 0.722. The van der Waals surface area contributed by atoms with Crippen LogP contribution >= 0.6 is 0 Å². The van der Waals surface area contributed by atoms with Crippen molar-refractivity contribution in [3.05, 3.63) is 35.9 Å². The first-order chi connectivity index (χ1) is 13.7. The molecule has 31 heavy (non-hydrogen) atoms. The molecule has 0 amide bonds. The van der Waals surface area contributed by atoms with E-state index in [2.05, 4.69) is 19.1 Å². The predicted octanol–water partition coefficient (Wildman–Crippen LogP) is 3.04. The fraction of sp³-hybridized carbons (Fsp3) is 0.385. The van der Waals surface area contributed by atoms with Crippen LogP contribution < -0.4 is 4.72 Å². The Balaban J connectivity index is -0.000000488. The van der Waals surface area contributed by atoms with Crippen molar-refractivity contribution in [2.45, 2.75) is 30.9 Å². The summed E-state index contributed by atoms with van der Waals surface area (Å²) in [4.78, 5) is 16.7. The monoisotopic (exact) mass is 493 g/mol. The Labute approximate surface area is 168 Å². The minimum atomic E-state index is -7.17. The third-order valence-electron chi connectivity index (χ3n) is 2.36. The normalized spacial score (nSPS) is 13.3. The molecule has 1 atom stereocenters. The van der Waals surface area contributed by atoms with Gasteiger partial charge in [-0.3, -0.25) is 0 Å². The summed E-state index contributed by atoms with van der Waals surface area (Å²) < 4.78 is 126. The second-order valence-corrected chi connectivity index (χ2v) is 5.75. The summed E-state index contributed by atoms with van der Waals surface area (Å²) in [7, 11) is -6.53.